The summed E-state index contributed by atoms with van der Waals surface area (Å²) in [5.74, 6) is 1.79. The average molecular weight is 179 g/mol. The fourth-order valence-electron chi connectivity index (χ4n) is 4.83. The van der Waals surface area contributed by atoms with Gasteiger partial charge in [-0.05, 0) is 68.1 Å². The van der Waals surface area contributed by atoms with Crippen LogP contribution in [0.1, 0.15) is 38.5 Å². The van der Waals surface area contributed by atoms with Crippen molar-refractivity contribution >= 4 is 0 Å². The third-order valence-corrected chi connectivity index (χ3v) is 4.64. The largest absolute Gasteiger partial charge is 0.396 e. The van der Waals surface area contributed by atoms with Crippen molar-refractivity contribution in [3.63, 3.8) is 0 Å². The SMILES string of the molecule is [CH2]C12CC3CC(C1)CC(CO)(C3)C2. The van der Waals surface area contributed by atoms with Crippen molar-refractivity contribution in [2.75, 3.05) is 6.61 Å². The molecular weight excluding hydrogens is 160 g/mol. The highest BCUT2D eigenvalue weighted by atomic mass is 16.3. The summed E-state index contributed by atoms with van der Waals surface area (Å²) in [5, 5.41) is 9.52. The lowest BCUT2D eigenvalue weighted by molar-refractivity contribution is -0.111. The Labute approximate surface area is 80.5 Å². The van der Waals surface area contributed by atoms with Gasteiger partial charge in [-0.2, -0.15) is 0 Å². The number of hydrogen-bond donors (Lipinski definition) is 1. The maximum atomic E-state index is 9.52. The molecule has 4 saturated carbocycles. The zero-order valence-electron chi connectivity index (χ0n) is 8.26. The van der Waals surface area contributed by atoms with Gasteiger partial charge in [-0.1, -0.05) is 0 Å². The Balaban J connectivity index is 1.95. The van der Waals surface area contributed by atoms with Gasteiger partial charge in [-0.3, -0.25) is 0 Å². The van der Waals surface area contributed by atoms with E-state index in [0.717, 1.165) is 11.8 Å². The smallest absolute Gasteiger partial charge is 0.0487 e. The van der Waals surface area contributed by atoms with Crippen LogP contribution in [-0.4, -0.2) is 11.7 Å². The van der Waals surface area contributed by atoms with Gasteiger partial charge in [0.2, 0.25) is 0 Å². The van der Waals surface area contributed by atoms with Gasteiger partial charge in [0.05, 0.1) is 0 Å². The van der Waals surface area contributed by atoms with E-state index in [9.17, 15) is 5.11 Å². The summed E-state index contributed by atoms with van der Waals surface area (Å²) in [6, 6.07) is 0. The van der Waals surface area contributed by atoms with Crippen molar-refractivity contribution in [2.45, 2.75) is 38.5 Å². The van der Waals surface area contributed by atoms with Gasteiger partial charge in [0.25, 0.3) is 0 Å². The molecule has 0 saturated heterocycles. The molecule has 1 N–H and O–H groups in total. The summed E-state index contributed by atoms with van der Waals surface area (Å²) < 4.78 is 0. The summed E-state index contributed by atoms with van der Waals surface area (Å²) in [5.41, 5.74) is 0.651. The van der Waals surface area contributed by atoms with Crippen LogP contribution >= 0.6 is 0 Å². The monoisotopic (exact) mass is 179 g/mol. The van der Waals surface area contributed by atoms with Crippen LogP contribution in [0.3, 0.4) is 0 Å². The van der Waals surface area contributed by atoms with Gasteiger partial charge in [-0.15, -0.1) is 0 Å². The van der Waals surface area contributed by atoms with E-state index in [1.54, 1.807) is 0 Å². The highest BCUT2D eigenvalue weighted by Crippen LogP contribution is 2.64. The van der Waals surface area contributed by atoms with Crippen LogP contribution in [0.25, 0.3) is 0 Å². The molecule has 13 heavy (non-hydrogen) atoms. The summed E-state index contributed by atoms with van der Waals surface area (Å²) in [6.45, 7) is 4.83. The van der Waals surface area contributed by atoms with E-state index in [2.05, 4.69) is 6.92 Å². The molecule has 4 aliphatic rings. The molecule has 1 heteroatoms. The van der Waals surface area contributed by atoms with E-state index in [1.807, 2.05) is 0 Å². The Morgan fingerprint density at radius 3 is 2.23 bits per heavy atom. The first-order valence-electron chi connectivity index (χ1n) is 5.59. The first-order chi connectivity index (χ1) is 6.13. The van der Waals surface area contributed by atoms with E-state index in [0.29, 0.717) is 17.4 Å². The molecule has 1 radical (unpaired) electrons. The van der Waals surface area contributed by atoms with Crippen LogP contribution in [0.4, 0.5) is 0 Å². The summed E-state index contributed by atoms with van der Waals surface area (Å²) in [7, 11) is 0. The van der Waals surface area contributed by atoms with Crippen LogP contribution in [0.5, 0.6) is 0 Å². The van der Waals surface area contributed by atoms with E-state index >= 15 is 0 Å². The molecule has 0 aromatic carbocycles. The van der Waals surface area contributed by atoms with E-state index in [1.165, 1.54) is 38.5 Å². The normalized spacial score (nSPS) is 58.6. The van der Waals surface area contributed by atoms with E-state index in [4.69, 9.17) is 0 Å². The Morgan fingerprint density at radius 2 is 1.77 bits per heavy atom. The van der Waals surface area contributed by atoms with Crippen LogP contribution in [-0.2, 0) is 0 Å². The van der Waals surface area contributed by atoms with Crippen molar-refractivity contribution < 1.29 is 5.11 Å². The number of aliphatic hydroxyl groups is 1. The second-order valence-electron chi connectivity index (χ2n) is 6.12. The quantitative estimate of drug-likeness (QED) is 0.655. The van der Waals surface area contributed by atoms with Gasteiger partial charge in [-0.25, -0.2) is 0 Å². The first kappa shape index (κ1) is 8.28. The van der Waals surface area contributed by atoms with Gasteiger partial charge in [0.15, 0.2) is 0 Å². The van der Waals surface area contributed by atoms with E-state index in [-0.39, 0.29) is 0 Å². The zero-order valence-corrected chi connectivity index (χ0v) is 8.26. The molecule has 4 rings (SSSR count). The molecule has 0 spiro atoms. The number of aliphatic hydroxyl groups excluding tert-OH is 1. The molecule has 4 fully saturated rings. The Bertz CT molecular complexity index is 219. The lowest BCUT2D eigenvalue weighted by Crippen LogP contribution is -2.52. The third-order valence-electron chi connectivity index (χ3n) is 4.64. The molecule has 4 bridgehead atoms. The molecule has 2 atom stereocenters. The summed E-state index contributed by atoms with van der Waals surface area (Å²) >= 11 is 0. The molecule has 2 unspecified atom stereocenters. The maximum Gasteiger partial charge on any atom is 0.0487 e. The molecule has 73 valence electrons. The molecule has 0 aromatic rings. The van der Waals surface area contributed by atoms with Gasteiger partial charge < -0.3 is 5.11 Å². The molecule has 0 aromatic heterocycles. The molecule has 4 aliphatic carbocycles. The summed E-state index contributed by atoms with van der Waals surface area (Å²) in [4.78, 5) is 0. The van der Waals surface area contributed by atoms with E-state index < -0.39 is 0 Å². The zero-order chi connectivity index (χ0) is 9.10. The highest BCUT2D eigenvalue weighted by molar-refractivity contribution is 5.08. The number of hydrogen-bond acceptors (Lipinski definition) is 1. The standard InChI is InChI=1S/C12H19O/c1-11-3-9-2-10(4-11)6-12(5-9,7-11)8-13/h9-10,13H,1-8H2. The fraction of sp³-hybridized carbons (Fsp3) is 0.917. The second kappa shape index (κ2) is 2.31. The average Bonchev–Trinajstić information content (AvgIpc) is 1.99. The molecule has 0 heterocycles. The predicted octanol–water partition coefficient (Wildman–Crippen LogP) is 2.40. The van der Waals surface area contributed by atoms with Crippen molar-refractivity contribution in [3.05, 3.63) is 6.92 Å². The minimum Gasteiger partial charge on any atom is -0.396 e. The molecule has 0 amide bonds. The van der Waals surface area contributed by atoms with Crippen molar-refractivity contribution in [2.24, 2.45) is 22.7 Å². The molecular formula is C12H19O. The Hall–Kier alpha value is -0.0400. The first-order valence-corrected chi connectivity index (χ1v) is 5.59. The van der Waals surface area contributed by atoms with Crippen molar-refractivity contribution in [1.82, 2.24) is 0 Å². The Morgan fingerprint density at radius 1 is 1.15 bits per heavy atom. The topological polar surface area (TPSA) is 20.2 Å². The lowest BCUT2D eigenvalue weighted by Gasteiger charge is -2.60. The van der Waals surface area contributed by atoms with Crippen molar-refractivity contribution in [1.29, 1.82) is 0 Å². The van der Waals surface area contributed by atoms with Crippen LogP contribution in [0.2, 0.25) is 0 Å². The third kappa shape index (κ3) is 1.09. The minimum absolute atomic E-state index is 0.297. The van der Waals surface area contributed by atoms with Crippen LogP contribution in [0.15, 0.2) is 0 Å². The van der Waals surface area contributed by atoms with Crippen LogP contribution < -0.4 is 0 Å². The fourth-order valence-corrected chi connectivity index (χ4v) is 4.83. The second-order valence-corrected chi connectivity index (χ2v) is 6.12. The highest BCUT2D eigenvalue weighted by Gasteiger charge is 2.55. The van der Waals surface area contributed by atoms with Gasteiger partial charge in [0.1, 0.15) is 0 Å². The Kier molecular flexibility index (Phi) is 1.47. The molecule has 1 nitrogen and oxygen atoms in total. The van der Waals surface area contributed by atoms with Crippen molar-refractivity contribution in [3.8, 4) is 0 Å². The van der Waals surface area contributed by atoms with Gasteiger partial charge in [0, 0.05) is 6.61 Å². The van der Waals surface area contributed by atoms with Gasteiger partial charge >= 0.3 is 0 Å². The lowest BCUT2D eigenvalue weighted by atomic mass is 9.45. The molecule has 0 aliphatic heterocycles. The predicted molar refractivity (Wildman–Crippen MR) is 52.0 cm³/mol. The van der Waals surface area contributed by atoms with Crippen LogP contribution in [0, 0.1) is 29.6 Å². The minimum atomic E-state index is 0.297. The number of rotatable bonds is 1. The summed E-state index contributed by atoms with van der Waals surface area (Å²) in [6.07, 6.45) is 7.88. The maximum absolute atomic E-state index is 9.52.